The van der Waals surface area contributed by atoms with Gasteiger partial charge in [-0.15, -0.1) is 0 Å². The van der Waals surface area contributed by atoms with E-state index in [-0.39, 0.29) is 12.4 Å². The molecule has 1 fully saturated rings. The van der Waals surface area contributed by atoms with Gasteiger partial charge in [0.05, 0.1) is 17.8 Å². The highest BCUT2D eigenvalue weighted by Crippen LogP contribution is 2.36. The van der Waals surface area contributed by atoms with Crippen LogP contribution in [0.15, 0.2) is 24.3 Å². The van der Waals surface area contributed by atoms with Crippen LogP contribution in [0.4, 0.5) is 0 Å². The minimum Gasteiger partial charge on any atom is -0.465 e. The molecule has 2 rings (SSSR count). The summed E-state index contributed by atoms with van der Waals surface area (Å²) in [5.74, 6) is -1.45. The van der Waals surface area contributed by atoms with E-state index in [0.717, 1.165) is 11.0 Å². The van der Waals surface area contributed by atoms with Gasteiger partial charge in [0.15, 0.2) is 0 Å². The van der Waals surface area contributed by atoms with Gasteiger partial charge in [-0.2, -0.15) is 0 Å². The minimum atomic E-state index is -0.784. The van der Waals surface area contributed by atoms with Crippen molar-refractivity contribution in [2.75, 3.05) is 6.61 Å². The Labute approximate surface area is 150 Å². The number of esters is 1. The number of benzene rings is 1. The Balaban J connectivity index is 2.19. The van der Waals surface area contributed by atoms with Crippen molar-refractivity contribution in [2.24, 2.45) is 5.92 Å². The van der Waals surface area contributed by atoms with E-state index in [9.17, 15) is 9.59 Å². The quantitative estimate of drug-likeness (QED) is 0.449. The Bertz CT molecular complexity index is 637. The first-order valence-corrected chi connectivity index (χ1v) is 8.69. The molecule has 1 unspecified atom stereocenters. The number of hydrogen-bond donors (Lipinski definition) is 0. The van der Waals surface area contributed by atoms with Crippen LogP contribution in [0.5, 0.6) is 0 Å². The summed E-state index contributed by atoms with van der Waals surface area (Å²) < 4.78 is 17.1. The number of rotatable bonds is 6. The van der Waals surface area contributed by atoms with Crippen molar-refractivity contribution in [3.8, 4) is 0 Å². The molecule has 25 heavy (non-hydrogen) atoms. The molecule has 1 aliphatic heterocycles. The van der Waals surface area contributed by atoms with E-state index in [0.29, 0.717) is 6.42 Å². The average molecular weight is 346 g/mol. The molecule has 0 saturated carbocycles. The van der Waals surface area contributed by atoms with E-state index in [1.807, 2.05) is 52.0 Å². The van der Waals surface area contributed by atoms with Crippen LogP contribution in [0.25, 0.3) is 0 Å². The van der Waals surface area contributed by atoms with Crippen LogP contribution in [-0.4, -0.2) is 36.7 Å². The highest BCUT2D eigenvalue weighted by atomic mass is 16.7. The van der Waals surface area contributed by atoms with Crippen LogP contribution >= 0.6 is 0 Å². The van der Waals surface area contributed by atoms with Crippen LogP contribution in [-0.2, 0) is 30.1 Å². The molecule has 1 aliphatic rings. The Morgan fingerprint density at radius 2 is 1.76 bits per heavy atom. The second-order valence-electron chi connectivity index (χ2n) is 7.45. The molecule has 0 N–H and O–H groups in total. The lowest BCUT2D eigenvalue weighted by molar-refractivity contribution is -0.151. The third-order valence-electron chi connectivity index (χ3n) is 4.98. The second kappa shape index (κ2) is 7.30. The Kier molecular flexibility index (Phi) is 5.74. The molecule has 0 bridgehead atoms. The average Bonchev–Trinajstić information content (AvgIpc) is 2.73. The zero-order valence-electron chi connectivity index (χ0n) is 15.9. The molecule has 6 heteroatoms. The van der Waals surface area contributed by atoms with Gasteiger partial charge in [0.25, 0.3) is 0 Å². The van der Waals surface area contributed by atoms with Crippen molar-refractivity contribution >= 4 is 24.3 Å². The highest BCUT2D eigenvalue weighted by molar-refractivity contribution is 6.62. The monoisotopic (exact) mass is 346 g/mol. The van der Waals surface area contributed by atoms with Gasteiger partial charge in [-0.05, 0) is 59.0 Å². The van der Waals surface area contributed by atoms with E-state index < -0.39 is 30.2 Å². The summed E-state index contributed by atoms with van der Waals surface area (Å²) in [6, 6.07) is 7.64. The second-order valence-corrected chi connectivity index (χ2v) is 7.45. The lowest BCUT2D eigenvalue weighted by Crippen LogP contribution is -2.41. The highest BCUT2D eigenvalue weighted by Gasteiger charge is 2.51. The normalized spacial score (nSPS) is 19.5. The van der Waals surface area contributed by atoms with Crippen molar-refractivity contribution in [1.29, 1.82) is 0 Å². The first-order valence-electron chi connectivity index (χ1n) is 8.69. The molecule has 0 amide bonds. The number of hydrogen-bond acceptors (Lipinski definition) is 5. The lowest BCUT2D eigenvalue weighted by atomic mass is 9.77. The van der Waals surface area contributed by atoms with Gasteiger partial charge in [-0.1, -0.05) is 24.3 Å². The van der Waals surface area contributed by atoms with E-state index in [2.05, 4.69) is 0 Å². The van der Waals surface area contributed by atoms with Gasteiger partial charge in [-0.25, -0.2) is 0 Å². The van der Waals surface area contributed by atoms with Gasteiger partial charge >= 0.3 is 13.1 Å². The molecule has 1 heterocycles. The predicted octanol–water partition coefficient (Wildman–Crippen LogP) is 2.30. The Morgan fingerprint density at radius 1 is 1.16 bits per heavy atom. The smallest absolute Gasteiger partial charge is 0.465 e. The summed E-state index contributed by atoms with van der Waals surface area (Å²) in [6.45, 7) is 11.4. The third kappa shape index (κ3) is 4.31. The molecule has 5 nitrogen and oxygen atoms in total. The van der Waals surface area contributed by atoms with Gasteiger partial charge in [0, 0.05) is 0 Å². The molecule has 136 valence electrons. The van der Waals surface area contributed by atoms with E-state index in [1.54, 1.807) is 6.92 Å². The largest absolute Gasteiger partial charge is 0.494 e. The number of Topliss-reactive ketones (excluding diaryl/α,β-unsaturated/α-hetero) is 1. The number of carbonyl (C=O) groups excluding carboxylic acids is 2. The topological polar surface area (TPSA) is 61.8 Å². The molecule has 1 saturated heterocycles. The van der Waals surface area contributed by atoms with Crippen LogP contribution in [0, 0.1) is 5.92 Å². The predicted molar refractivity (Wildman–Crippen MR) is 96.7 cm³/mol. The Hall–Kier alpha value is -1.66. The maximum absolute atomic E-state index is 12.0. The van der Waals surface area contributed by atoms with Crippen LogP contribution in [0.2, 0.25) is 0 Å². The van der Waals surface area contributed by atoms with Gasteiger partial charge < -0.3 is 14.0 Å². The van der Waals surface area contributed by atoms with Crippen molar-refractivity contribution in [3.63, 3.8) is 0 Å². The van der Waals surface area contributed by atoms with Crippen molar-refractivity contribution in [1.82, 2.24) is 0 Å². The number of ketones is 1. The van der Waals surface area contributed by atoms with E-state index in [1.165, 1.54) is 6.92 Å². The summed E-state index contributed by atoms with van der Waals surface area (Å²) in [7, 11) is -0.469. The SMILES string of the molecule is CCOC(=O)C(Cc1cccc(B2OC(C)(C)C(C)(C)O2)c1)C(C)=O. The maximum atomic E-state index is 12.0. The fourth-order valence-corrected chi connectivity index (χ4v) is 2.72. The van der Waals surface area contributed by atoms with E-state index >= 15 is 0 Å². The molecule has 0 spiro atoms. The molecule has 1 aromatic carbocycles. The van der Waals surface area contributed by atoms with Crippen LogP contribution in [0.3, 0.4) is 0 Å². The summed E-state index contributed by atoms with van der Waals surface area (Å²) in [5, 5.41) is 0. The van der Waals surface area contributed by atoms with Crippen LogP contribution in [0.1, 0.15) is 47.1 Å². The standard InChI is InChI=1S/C19H27BO5/c1-7-23-17(22)16(13(2)21)12-14-9-8-10-15(11-14)20-24-18(3,4)19(5,6)25-20/h8-11,16H,7,12H2,1-6H3. The van der Waals surface area contributed by atoms with Crippen molar-refractivity contribution < 1.29 is 23.6 Å². The minimum absolute atomic E-state index is 0.195. The molecular weight excluding hydrogens is 319 g/mol. The van der Waals surface area contributed by atoms with E-state index in [4.69, 9.17) is 14.0 Å². The first kappa shape index (κ1) is 19.7. The van der Waals surface area contributed by atoms with Gasteiger partial charge in [0.2, 0.25) is 0 Å². The maximum Gasteiger partial charge on any atom is 0.494 e. The summed E-state index contributed by atoms with van der Waals surface area (Å²) in [4.78, 5) is 23.8. The number of carbonyl (C=O) groups is 2. The molecule has 0 aromatic heterocycles. The molecule has 1 aromatic rings. The Morgan fingerprint density at radius 3 is 2.28 bits per heavy atom. The first-order chi connectivity index (χ1) is 11.6. The third-order valence-corrected chi connectivity index (χ3v) is 4.98. The van der Waals surface area contributed by atoms with Gasteiger partial charge in [0.1, 0.15) is 11.7 Å². The fraction of sp³-hybridized carbons (Fsp3) is 0.579. The summed E-state index contributed by atoms with van der Waals surface area (Å²) in [5.41, 5.74) is 0.920. The molecule has 0 aliphatic carbocycles. The fourth-order valence-electron chi connectivity index (χ4n) is 2.72. The lowest BCUT2D eigenvalue weighted by Gasteiger charge is -2.32. The van der Waals surface area contributed by atoms with Gasteiger partial charge in [-0.3, -0.25) is 9.59 Å². The molecule has 1 atom stereocenters. The van der Waals surface area contributed by atoms with Crippen molar-refractivity contribution in [3.05, 3.63) is 29.8 Å². The molecular formula is C19H27BO5. The zero-order chi connectivity index (χ0) is 18.8. The van der Waals surface area contributed by atoms with Crippen LogP contribution < -0.4 is 5.46 Å². The summed E-state index contributed by atoms with van der Waals surface area (Å²) >= 11 is 0. The number of ether oxygens (including phenoxy) is 1. The summed E-state index contributed by atoms with van der Waals surface area (Å²) in [6.07, 6.45) is 0.307. The molecule has 0 radical (unpaired) electrons. The zero-order valence-corrected chi connectivity index (χ0v) is 15.9. The van der Waals surface area contributed by atoms with Crippen molar-refractivity contribution in [2.45, 2.75) is 59.2 Å².